The molecule has 0 radical (unpaired) electrons. The molecule has 1 aliphatic carbocycles. The maximum absolute atomic E-state index is 5.26. The van der Waals surface area contributed by atoms with Gasteiger partial charge in [0.15, 0.2) is 0 Å². The van der Waals surface area contributed by atoms with Gasteiger partial charge in [0.1, 0.15) is 5.75 Å². The molecular formula is C15H23NO. The van der Waals surface area contributed by atoms with E-state index in [4.69, 9.17) is 4.74 Å². The van der Waals surface area contributed by atoms with Gasteiger partial charge in [0.2, 0.25) is 0 Å². The SMILES string of the molecule is CCC1(CNC(C)c2cccc(OC)c2)CC1. The predicted octanol–water partition coefficient (Wildman–Crippen LogP) is 3.54. The van der Waals surface area contributed by atoms with Crippen molar-refractivity contribution in [2.75, 3.05) is 13.7 Å². The normalized spacial score (nSPS) is 18.8. The van der Waals surface area contributed by atoms with Crippen molar-refractivity contribution in [1.82, 2.24) is 5.32 Å². The molecule has 0 aliphatic heterocycles. The van der Waals surface area contributed by atoms with Gasteiger partial charge in [-0.15, -0.1) is 0 Å². The summed E-state index contributed by atoms with van der Waals surface area (Å²) < 4.78 is 5.26. The van der Waals surface area contributed by atoms with Crippen molar-refractivity contribution in [2.24, 2.45) is 5.41 Å². The quantitative estimate of drug-likeness (QED) is 0.811. The molecule has 0 heterocycles. The lowest BCUT2D eigenvalue weighted by atomic mass is 10.0. The van der Waals surface area contributed by atoms with Gasteiger partial charge in [-0.3, -0.25) is 0 Å². The first-order chi connectivity index (χ1) is 8.19. The van der Waals surface area contributed by atoms with E-state index in [0.29, 0.717) is 11.5 Å². The van der Waals surface area contributed by atoms with E-state index in [1.807, 2.05) is 6.07 Å². The van der Waals surface area contributed by atoms with E-state index in [-0.39, 0.29) is 0 Å². The van der Waals surface area contributed by atoms with Crippen LogP contribution < -0.4 is 10.1 Å². The van der Waals surface area contributed by atoms with Gasteiger partial charge >= 0.3 is 0 Å². The molecule has 0 aromatic heterocycles. The third kappa shape index (κ3) is 3.01. The summed E-state index contributed by atoms with van der Waals surface area (Å²) in [5.41, 5.74) is 1.91. The van der Waals surface area contributed by atoms with Crippen molar-refractivity contribution in [2.45, 2.75) is 39.2 Å². The van der Waals surface area contributed by atoms with Gasteiger partial charge in [0.05, 0.1) is 7.11 Å². The Bertz CT molecular complexity index is 371. The van der Waals surface area contributed by atoms with Crippen LogP contribution in [0.5, 0.6) is 5.75 Å². The van der Waals surface area contributed by atoms with Crippen LogP contribution in [0.15, 0.2) is 24.3 Å². The van der Waals surface area contributed by atoms with Crippen LogP contribution >= 0.6 is 0 Å². The van der Waals surface area contributed by atoms with Gasteiger partial charge in [-0.05, 0) is 49.3 Å². The number of rotatable bonds is 6. The standard InChI is InChI=1S/C15H23NO/c1-4-15(8-9-15)11-16-12(2)13-6-5-7-14(10-13)17-3/h5-7,10,12,16H,4,8-9,11H2,1-3H3. The molecule has 1 saturated carbocycles. The minimum absolute atomic E-state index is 0.397. The molecule has 0 bridgehead atoms. The van der Waals surface area contributed by atoms with E-state index in [0.717, 1.165) is 12.3 Å². The predicted molar refractivity (Wildman–Crippen MR) is 71.4 cm³/mol. The number of methoxy groups -OCH3 is 1. The first-order valence-electron chi connectivity index (χ1n) is 6.56. The molecule has 1 aromatic rings. The molecule has 1 aromatic carbocycles. The maximum Gasteiger partial charge on any atom is 0.119 e. The van der Waals surface area contributed by atoms with Crippen molar-refractivity contribution >= 4 is 0 Å². The largest absolute Gasteiger partial charge is 0.497 e. The van der Waals surface area contributed by atoms with E-state index in [1.165, 1.54) is 24.8 Å². The number of benzene rings is 1. The second kappa shape index (κ2) is 5.09. The van der Waals surface area contributed by atoms with Gasteiger partial charge in [-0.25, -0.2) is 0 Å². The van der Waals surface area contributed by atoms with E-state index >= 15 is 0 Å². The highest BCUT2D eigenvalue weighted by Crippen LogP contribution is 2.48. The van der Waals surface area contributed by atoms with E-state index in [2.05, 4.69) is 37.4 Å². The summed E-state index contributed by atoms with van der Waals surface area (Å²) in [6, 6.07) is 8.72. The molecule has 1 aliphatic rings. The van der Waals surface area contributed by atoms with Gasteiger partial charge in [0.25, 0.3) is 0 Å². The fourth-order valence-corrected chi connectivity index (χ4v) is 2.23. The average molecular weight is 233 g/mol. The monoisotopic (exact) mass is 233 g/mol. The highest BCUT2D eigenvalue weighted by atomic mass is 16.5. The summed E-state index contributed by atoms with van der Waals surface area (Å²) in [6.07, 6.45) is 4.08. The molecule has 1 N–H and O–H groups in total. The third-order valence-electron chi connectivity index (χ3n) is 4.08. The summed E-state index contributed by atoms with van der Waals surface area (Å²) in [5.74, 6) is 0.938. The molecule has 0 saturated heterocycles. The fraction of sp³-hybridized carbons (Fsp3) is 0.600. The minimum atomic E-state index is 0.397. The molecule has 1 atom stereocenters. The van der Waals surface area contributed by atoms with Crippen LogP contribution in [-0.2, 0) is 0 Å². The van der Waals surface area contributed by atoms with Crippen molar-refractivity contribution in [3.63, 3.8) is 0 Å². The Morgan fingerprint density at radius 3 is 2.76 bits per heavy atom. The van der Waals surface area contributed by atoms with Crippen molar-refractivity contribution in [3.8, 4) is 5.75 Å². The number of hydrogen-bond donors (Lipinski definition) is 1. The van der Waals surface area contributed by atoms with Crippen LogP contribution in [0, 0.1) is 5.41 Å². The van der Waals surface area contributed by atoms with E-state index in [1.54, 1.807) is 7.11 Å². The first-order valence-corrected chi connectivity index (χ1v) is 6.56. The number of nitrogens with one attached hydrogen (secondary N) is 1. The first kappa shape index (κ1) is 12.4. The number of ether oxygens (including phenoxy) is 1. The Kier molecular flexibility index (Phi) is 3.72. The second-order valence-corrected chi connectivity index (χ2v) is 5.23. The maximum atomic E-state index is 5.26. The van der Waals surface area contributed by atoms with Gasteiger partial charge in [-0.1, -0.05) is 19.1 Å². The number of hydrogen-bond acceptors (Lipinski definition) is 2. The van der Waals surface area contributed by atoms with E-state index in [9.17, 15) is 0 Å². The molecule has 94 valence electrons. The smallest absolute Gasteiger partial charge is 0.119 e. The van der Waals surface area contributed by atoms with Gasteiger partial charge in [0, 0.05) is 12.6 Å². The zero-order chi connectivity index (χ0) is 12.3. The molecule has 17 heavy (non-hydrogen) atoms. The van der Waals surface area contributed by atoms with Crippen LogP contribution in [0.2, 0.25) is 0 Å². The lowest BCUT2D eigenvalue weighted by molar-refractivity contribution is 0.406. The van der Waals surface area contributed by atoms with Crippen LogP contribution in [-0.4, -0.2) is 13.7 Å². The van der Waals surface area contributed by atoms with Crippen molar-refractivity contribution in [1.29, 1.82) is 0 Å². The Morgan fingerprint density at radius 1 is 1.41 bits per heavy atom. The Labute approximate surface area is 104 Å². The highest BCUT2D eigenvalue weighted by molar-refractivity contribution is 5.30. The van der Waals surface area contributed by atoms with Gasteiger partial charge < -0.3 is 10.1 Å². The van der Waals surface area contributed by atoms with Gasteiger partial charge in [-0.2, -0.15) is 0 Å². The van der Waals surface area contributed by atoms with E-state index < -0.39 is 0 Å². The molecular weight excluding hydrogens is 210 g/mol. The lowest BCUT2D eigenvalue weighted by Gasteiger charge is -2.19. The lowest BCUT2D eigenvalue weighted by Crippen LogP contribution is -2.26. The molecule has 1 unspecified atom stereocenters. The molecule has 2 heteroatoms. The molecule has 0 amide bonds. The summed E-state index contributed by atoms with van der Waals surface area (Å²) in [7, 11) is 1.72. The molecule has 2 nitrogen and oxygen atoms in total. The minimum Gasteiger partial charge on any atom is -0.497 e. The average Bonchev–Trinajstić information content (AvgIpc) is 3.17. The highest BCUT2D eigenvalue weighted by Gasteiger charge is 2.40. The van der Waals surface area contributed by atoms with Crippen molar-refractivity contribution in [3.05, 3.63) is 29.8 Å². The summed E-state index contributed by atoms with van der Waals surface area (Å²) >= 11 is 0. The van der Waals surface area contributed by atoms with Crippen LogP contribution in [0.25, 0.3) is 0 Å². The fourth-order valence-electron chi connectivity index (χ4n) is 2.23. The Morgan fingerprint density at radius 2 is 2.18 bits per heavy atom. The Balaban J connectivity index is 1.92. The molecule has 2 rings (SSSR count). The third-order valence-corrected chi connectivity index (χ3v) is 4.08. The molecule has 1 fully saturated rings. The summed E-state index contributed by atoms with van der Waals surface area (Å²) in [6.45, 7) is 5.66. The van der Waals surface area contributed by atoms with Crippen LogP contribution in [0.3, 0.4) is 0 Å². The van der Waals surface area contributed by atoms with Crippen molar-refractivity contribution < 1.29 is 4.74 Å². The zero-order valence-electron chi connectivity index (χ0n) is 11.1. The zero-order valence-corrected chi connectivity index (χ0v) is 11.1. The Hall–Kier alpha value is -1.02. The van der Waals surface area contributed by atoms with Crippen LogP contribution in [0.4, 0.5) is 0 Å². The molecule has 0 spiro atoms. The second-order valence-electron chi connectivity index (χ2n) is 5.23. The van der Waals surface area contributed by atoms with Crippen LogP contribution in [0.1, 0.15) is 44.7 Å². The summed E-state index contributed by atoms with van der Waals surface area (Å²) in [4.78, 5) is 0. The topological polar surface area (TPSA) is 21.3 Å². The summed E-state index contributed by atoms with van der Waals surface area (Å²) in [5, 5.41) is 3.65.